The highest BCUT2D eigenvalue weighted by Gasteiger charge is 2.16. The van der Waals surface area contributed by atoms with Crippen molar-refractivity contribution in [1.82, 2.24) is 4.72 Å². The highest BCUT2D eigenvalue weighted by Crippen LogP contribution is 2.16. The molecule has 0 fully saturated rings. The average Bonchev–Trinajstić information content (AvgIpc) is 2.34. The van der Waals surface area contributed by atoms with E-state index in [-0.39, 0.29) is 17.4 Å². The third-order valence-corrected chi connectivity index (χ3v) is 4.44. The van der Waals surface area contributed by atoms with E-state index in [4.69, 9.17) is 16.7 Å². The summed E-state index contributed by atoms with van der Waals surface area (Å²) in [7, 11) is -3.52. The van der Waals surface area contributed by atoms with Crippen molar-refractivity contribution in [2.24, 2.45) is 5.92 Å². The number of benzene rings is 1. The number of sulfonamides is 1. The number of aliphatic hydroxyl groups is 1. The zero-order valence-electron chi connectivity index (χ0n) is 10.3. The molecule has 1 unspecified atom stereocenters. The third kappa shape index (κ3) is 4.57. The Bertz CT molecular complexity index is 476. The number of rotatable bonds is 7. The molecule has 1 aromatic rings. The Morgan fingerprint density at radius 2 is 2.17 bits per heavy atom. The molecule has 1 rings (SSSR count). The molecule has 0 aliphatic carbocycles. The van der Waals surface area contributed by atoms with Crippen LogP contribution in [0.15, 0.2) is 29.2 Å². The molecule has 0 saturated carbocycles. The lowest BCUT2D eigenvalue weighted by molar-refractivity contribution is 0.254. The Morgan fingerprint density at radius 1 is 1.44 bits per heavy atom. The van der Waals surface area contributed by atoms with Crippen LogP contribution < -0.4 is 4.72 Å². The van der Waals surface area contributed by atoms with Gasteiger partial charge in [-0.05, 0) is 30.5 Å². The lowest BCUT2D eigenvalue weighted by Crippen LogP contribution is -2.29. The van der Waals surface area contributed by atoms with Crippen molar-refractivity contribution in [3.05, 3.63) is 29.3 Å². The van der Waals surface area contributed by atoms with E-state index < -0.39 is 10.0 Å². The van der Waals surface area contributed by atoms with Gasteiger partial charge in [-0.3, -0.25) is 0 Å². The summed E-state index contributed by atoms with van der Waals surface area (Å²) in [5.74, 6) is 0.143. The number of nitrogens with one attached hydrogen (secondary N) is 1. The van der Waals surface area contributed by atoms with Crippen LogP contribution in [0.5, 0.6) is 0 Å². The van der Waals surface area contributed by atoms with E-state index in [2.05, 4.69) is 4.72 Å². The van der Waals surface area contributed by atoms with E-state index in [1.54, 1.807) is 12.1 Å². The molecule has 0 bridgehead atoms. The van der Waals surface area contributed by atoms with Gasteiger partial charge >= 0.3 is 0 Å². The number of aliphatic hydroxyl groups excluding tert-OH is 1. The monoisotopic (exact) mass is 291 g/mol. The van der Waals surface area contributed by atoms with Gasteiger partial charge in [0.2, 0.25) is 10.0 Å². The first-order valence-electron chi connectivity index (χ1n) is 5.85. The zero-order valence-corrected chi connectivity index (χ0v) is 11.8. The van der Waals surface area contributed by atoms with Gasteiger partial charge in [-0.1, -0.05) is 31.0 Å². The van der Waals surface area contributed by atoms with Gasteiger partial charge in [0, 0.05) is 18.2 Å². The van der Waals surface area contributed by atoms with Crippen molar-refractivity contribution in [3.8, 4) is 0 Å². The molecule has 1 aromatic carbocycles. The van der Waals surface area contributed by atoms with Crippen LogP contribution in [0.1, 0.15) is 19.8 Å². The first-order chi connectivity index (χ1) is 8.49. The molecule has 102 valence electrons. The van der Waals surface area contributed by atoms with E-state index in [9.17, 15) is 8.42 Å². The molecular formula is C12H18ClNO3S. The van der Waals surface area contributed by atoms with Gasteiger partial charge in [0.05, 0.1) is 4.90 Å². The molecule has 4 nitrogen and oxygen atoms in total. The Hall–Kier alpha value is -0.620. The van der Waals surface area contributed by atoms with Gasteiger partial charge in [-0.15, -0.1) is 0 Å². The third-order valence-electron chi connectivity index (χ3n) is 2.78. The van der Waals surface area contributed by atoms with Gasteiger partial charge in [-0.25, -0.2) is 13.1 Å². The summed E-state index contributed by atoms with van der Waals surface area (Å²) >= 11 is 5.77. The van der Waals surface area contributed by atoms with Crippen LogP contribution in [0.25, 0.3) is 0 Å². The minimum atomic E-state index is -3.52. The smallest absolute Gasteiger partial charge is 0.240 e. The van der Waals surface area contributed by atoms with Crippen LogP contribution >= 0.6 is 11.6 Å². The zero-order chi connectivity index (χ0) is 13.6. The molecule has 6 heteroatoms. The largest absolute Gasteiger partial charge is 0.396 e. The van der Waals surface area contributed by atoms with E-state index in [1.165, 1.54) is 12.1 Å². The van der Waals surface area contributed by atoms with Crippen molar-refractivity contribution < 1.29 is 13.5 Å². The molecule has 18 heavy (non-hydrogen) atoms. The predicted molar refractivity (Wildman–Crippen MR) is 72.1 cm³/mol. The summed E-state index contributed by atoms with van der Waals surface area (Å²) in [6, 6.07) is 6.14. The van der Waals surface area contributed by atoms with Gasteiger partial charge in [0.25, 0.3) is 0 Å². The van der Waals surface area contributed by atoms with Crippen LogP contribution in [0.4, 0.5) is 0 Å². The van der Waals surface area contributed by atoms with E-state index in [0.29, 0.717) is 18.0 Å². The highest BCUT2D eigenvalue weighted by molar-refractivity contribution is 7.89. The summed E-state index contributed by atoms with van der Waals surface area (Å²) in [4.78, 5) is 0.161. The van der Waals surface area contributed by atoms with E-state index >= 15 is 0 Å². The quantitative estimate of drug-likeness (QED) is 0.808. The lowest BCUT2D eigenvalue weighted by Gasteiger charge is -2.14. The molecule has 2 N–H and O–H groups in total. The van der Waals surface area contributed by atoms with Crippen LogP contribution in [0.2, 0.25) is 5.02 Å². The maximum Gasteiger partial charge on any atom is 0.240 e. The fourth-order valence-corrected chi connectivity index (χ4v) is 2.99. The second-order valence-electron chi connectivity index (χ2n) is 4.10. The molecule has 0 heterocycles. The molecule has 0 spiro atoms. The first kappa shape index (κ1) is 15.4. The van der Waals surface area contributed by atoms with Gasteiger partial charge in [-0.2, -0.15) is 0 Å². The van der Waals surface area contributed by atoms with Crippen molar-refractivity contribution in [2.45, 2.75) is 24.7 Å². The average molecular weight is 292 g/mol. The van der Waals surface area contributed by atoms with Crippen molar-refractivity contribution in [2.75, 3.05) is 13.2 Å². The van der Waals surface area contributed by atoms with Crippen molar-refractivity contribution in [1.29, 1.82) is 0 Å². The molecule has 0 saturated heterocycles. The van der Waals surface area contributed by atoms with Crippen LogP contribution in [-0.4, -0.2) is 26.7 Å². The normalized spacial score (nSPS) is 13.5. The Kier molecular flexibility index (Phi) is 6.08. The van der Waals surface area contributed by atoms with E-state index in [1.807, 2.05) is 6.92 Å². The Labute approximate surface area is 113 Å². The molecule has 1 atom stereocenters. The first-order valence-corrected chi connectivity index (χ1v) is 7.71. The van der Waals surface area contributed by atoms with Crippen LogP contribution in [-0.2, 0) is 10.0 Å². The van der Waals surface area contributed by atoms with Gasteiger partial charge < -0.3 is 5.11 Å². The van der Waals surface area contributed by atoms with E-state index in [0.717, 1.165) is 6.42 Å². The minimum absolute atomic E-state index is 0.0669. The number of hydrogen-bond donors (Lipinski definition) is 2. The Morgan fingerprint density at radius 3 is 2.72 bits per heavy atom. The standard InChI is InChI=1S/C12H18ClNO3S/c1-2-10(6-7-15)9-14-18(16,17)12-5-3-4-11(13)8-12/h3-5,8,10,14-15H,2,6-7,9H2,1H3. The lowest BCUT2D eigenvalue weighted by atomic mass is 10.0. The number of halogens is 1. The summed E-state index contributed by atoms with van der Waals surface area (Å²) in [6.45, 7) is 2.36. The van der Waals surface area contributed by atoms with Gasteiger partial charge in [0.1, 0.15) is 0 Å². The maximum atomic E-state index is 12.0. The fourth-order valence-electron chi connectivity index (χ4n) is 1.58. The minimum Gasteiger partial charge on any atom is -0.396 e. The summed E-state index contributed by atoms with van der Waals surface area (Å²) < 4.78 is 26.5. The molecule has 0 radical (unpaired) electrons. The topological polar surface area (TPSA) is 66.4 Å². The SMILES string of the molecule is CCC(CCO)CNS(=O)(=O)c1cccc(Cl)c1. The second-order valence-corrected chi connectivity index (χ2v) is 6.30. The summed E-state index contributed by atoms with van der Waals surface area (Å²) in [5.41, 5.74) is 0. The fraction of sp³-hybridized carbons (Fsp3) is 0.500. The highest BCUT2D eigenvalue weighted by atomic mass is 35.5. The molecule has 0 aromatic heterocycles. The molecular weight excluding hydrogens is 274 g/mol. The summed E-state index contributed by atoms with van der Waals surface area (Å²) in [5, 5.41) is 9.25. The maximum absolute atomic E-state index is 12.0. The second kappa shape index (κ2) is 7.09. The molecule has 0 amide bonds. The van der Waals surface area contributed by atoms with Crippen LogP contribution in [0.3, 0.4) is 0 Å². The Balaban J connectivity index is 2.70. The molecule has 0 aliphatic heterocycles. The number of hydrogen-bond acceptors (Lipinski definition) is 3. The predicted octanol–water partition coefficient (Wildman–Crippen LogP) is 2.03. The van der Waals surface area contributed by atoms with Crippen molar-refractivity contribution in [3.63, 3.8) is 0 Å². The molecule has 0 aliphatic rings. The summed E-state index contributed by atoms with van der Waals surface area (Å²) in [6.07, 6.45) is 1.41. The van der Waals surface area contributed by atoms with Crippen LogP contribution in [0, 0.1) is 5.92 Å². The van der Waals surface area contributed by atoms with Crippen molar-refractivity contribution >= 4 is 21.6 Å². The van der Waals surface area contributed by atoms with Gasteiger partial charge in [0.15, 0.2) is 0 Å².